The first kappa shape index (κ1) is 19.3. The first-order valence-corrected chi connectivity index (χ1v) is 8.99. The van der Waals surface area contributed by atoms with E-state index in [1.807, 2.05) is 0 Å². The molecule has 0 radical (unpaired) electrons. The molecule has 2 saturated heterocycles. The predicted octanol–water partition coefficient (Wildman–Crippen LogP) is 1.34. The summed E-state index contributed by atoms with van der Waals surface area (Å²) in [6.45, 7) is -0.290. The highest BCUT2D eigenvalue weighted by molar-refractivity contribution is 5.98. The SMILES string of the molecule is O=C(c1ncccn1)N1CCOCC2(C1)CN(c1ccccc1)C(=O)C(F)(F)O2. The summed E-state index contributed by atoms with van der Waals surface area (Å²) in [6, 6.07) is 9.70. The van der Waals surface area contributed by atoms with Crippen molar-refractivity contribution in [1.82, 2.24) is 14.9 Å². The Balaban J connectivity index is 1.65. The zero-order valence-electron chi connectivity index (χ0n) is 15.3. The Morgan fingerprint density at radius 2 is 1.79 bits per heavy atom. The van der Waals surface area contributed by atoms with Gasteiger partial charge < -0.3 is 14.5 Å². The molecule has 152 valence electrons. The van der Waals surface area contributed by atoms with Gasteiger partial charge in [-0.15, -0.1) is 0 Å². The zero-order chi connectivity index (χ0) is 20.5. The monoisotopic (exact) mass is 404 g/mol. The van der Waals surface area contributed by atoms with E-state index in [0.717, 1.165) is 4.90 Å². The lowest BCUT2D eigenvalue weighted by molar-refractivity contribution is -0.293. The van der Waals surface area contributed by atoms with Gasteiger partial charge in [0, 0.05) is 24.6 Å². The van der Waals surface area contributed by atoms with Gasteiger partial charge in [0.05, 0.1) is 26.3 Å². The molecule has 0 saturated carbocycles. The first-order valence-electron chi connectivity index (χ1n) is 8.99. The summed E-state index contributed by atoms with van der Waals surface area (Å²) in [5.74, 6) is -2.03. The van der Waals surface area contributed by atoms with E-state index in [4.69, 9.17) is 9.47 Å². The van der Waals surface area contributed by atoms with Crippen molar-refractivity contribution in [3.63, 3.8) is 0 Å². The van der Waals surface area contributed by atoms with Gasteiger partial charge in [0.15, 0.2) is 0 Å². The van der Waals surface area contributed by atoms with E-state index in [9.17, 15) is 18.4 Å². The van der Waals surface area contributed by atoms with Crippen LogP contribution in [0.4, 0.5) is 14.5 Å². The van der Waals surface area contributed by atoms with Crippen molar-refractivity contribution in [3.8, 4) is 0 Å². The van der Waals surface area contributed by atoms with Crippen LogP contribution in [0.25, 0.3) is 0 Å². The number of rotatable bonds is 2. The highest BCUT2D eigenvalue weighted by Gasteiger charge is 2.58. The van der Waals surface area contributed by atoms with Crippen molar-refractivity contribution in [1.29, 1.82) is 0 Å². The molecule has 1 aromatic carbocycles. The molecule has 8 nitrogen and oxygen atoms in total. The number of anilines is 1. The van der Waals surface area contributed by atoms with Crippen LogP contribution in [0, 0.1) is 0 Å². The summed E-state index contributed by atoms with van der Waals surface area (Å²) >= 11 is 0. The Bertz CT molecular complexity index is 900. The second kappa shape index (κ2) is 7.45. The number of amides is 2. The molecule has 1 spiro atoms. The summed E-state index contributed by atoms with van der Waals surface area (Å²) in [5.41, 5.74) is -1.29. The normalized spacial score (nSPS) is 24.4. The molecule has 2 amide bonds. The van der Waals surface area contributed by atoms with E-state index in [-0.39, 0.29) is 38.7 Å². The van der Waals surface area contributed by atoms with Gasteiger partial charge >= 0.3 is 12.0 Å². The maximum atomic E-state index is 14.5. The van der Waals surface area contributed by atoms with Crippen molar-refractivity contribution < 1.29 is 27.8 Å². The van der Waals surface area contributed by atoms with Crippen molar-refractivity contribution >= 4 is 17.5 Å². The predicted molar refractivity (Wildman–Crippen MR) is 96.3 cm³/mol. The number of alkyl halides is 2. The largest absolute Gasteiger partial charge is 0.437 e. The molecule has 0 aliphatic carbocycles. The lowest BCUT2D eigenvalue weighted by Crippen LogP contribution is -2.66. The van der Waals surface area contributed by atoms with E-state index in [0.29, 0.717) is 5.69 Å². The molecule has 4 rings (SSSR count). The maximum Gasteiger partial charge on any atom is 0.437 e. The fourth-order valence-corrected chi connectivity index (χ4v) is 3.47. The van der Waals surface area contributed by atoms with Crippen LogP contribution in [0.15, 0.2) is 48.8 Å². The van der Waals surface area contributed by atoms with E-state index < -0.39 is 23.5 Å². The van der Waals surface area contributed by atoms with Crippen molar-refractivity contribution in [2.24, 2.45) is 0 Å². The highest BCUT2D eigenvalue weighted by atomic mass is 19.3. The quantitative estimate of drug-likeness (QED) is 0.751. The number of hydrogen-bond acceptors (Lipinski definition) is 6. The molecular formula is C19H18F2N4O4. The lowest BCUT2D eigenvalue weighted by atomic mass is 10.00. The topological polar surface area (TPSA) is 84.9 Å². The summed E-state index contributed by atoms with van der Waals surface area (Å²) in [4.78, 5) is 35.2. The highest BCUT2D eigenvalue weighted by Crippen LogP contribution is 2.36. The third-order valence-electron chi connectivity index (χ3n) is 4.75. The Morgan fingerprint density at radius 3 is 2.52 bits per heavy atom. The number of halogens is 2. The number of benzene rings is 1. The first-order chi connectivity index (χ1) is 13.9. The third kappa shape index (κ3) is 3.81. The van der Waals surface area contributed by atoms with Crippen molar-refractivity contribution in [3.05, 3.63) is 54.6 Å². The molecule has 0 N–H and O–H groups in total. The Kier molecular flexibility index (Phi) is 4.97. The van der Waals surface area contributed by atoms with E-state index in [2.05, 4.69) is 9.97 Å². The average Bonchev–Trinajstić information content (AvgIpc) is 2.93. The van der Waals surface area contributed by atoms with E-state index in [1.54, 1.807) is 36.4 Å². The fourth-order valence-electron chi connectivity index (χ4n) is 3.47. The van der Waals surface area contributed by atoms with Crippen LogP contribution < -0.4 is 4.90 Å². The van der Waals surface area contributed by atoms with Crippen LogP contribution in [0.3, 0.4) is 0 Å². The van der Waals surface area contributed by atoms with Gasteiger partial charge in [-0.2, -0.15) is 8.78 Å². The van der Waals surface area contributed by atoms with Gasteiger partial charge in [-0.3, -0.25) is 14.3 Å². The smallest absolute Gasteiger partial charge is 0.376 e. The molecule has 2 fully saturated rings. The Morgan fingerprint density at radius 1 is 1.07 bits per heavy atom. The summed E-state index contributed by atoms with van der Waals surface area (Å²) < 4.78 is 39.6. The lowest BCUT2D eigenvalue weighted by Gasteiger charge is -2.45. The Hall–Kier alpha value is -2.98. The number of nitrogens with zero attached hydrogens (tertiary/aromatic N) is 4. The molecule has 0 bridgehead atoms. The molecule has 1 unspecified atom stereocenters. The van der Waals surface area contributed by atoms with Gasteiger partial charge in [-0.1, -0.05) is 18.2 Å². The van der Waals surface area contributed by atoms with Crippen LogP contribution >= 0.6 is 0 Å². The molecule has 29 heavy (non-hydrogen) atoms. The molecular weight excluding hydrogens is 386 g/mol. The number of carbonyl (C=O) groups excluding carboxylic acids is 2. The van der Waals surface area contributed by atoms with E-state index in [1.165, 1.54) is 17.3 Å². The number of ether oxygens (including phenoxy) is 2. The standard InChI is InChI=1S/C19H18F2N4O4/c20-19(21)17(27)25(14-5-2-1-3-6-14)12-18(29-19)11-24(9-10-28-13-18)16(26)15-22-7-4-8-23-15/h1-8H,9-13H2. The van der Waals surface area contributed by atoms with Crippen LogP contribution in [0.5, 0.6) is 0 Å². The molecule has 10 heteroatoms. The van der Waals surface area contributed by atoms with Crippen molar-refractivity contribution in [2.45, 2.75) is 11.7 Å². The van der Waals surface area contributed by atoms with Crippen LogP contribution in [-0.4, -0.2) is 71.2 Å². The van der Waals surface area contributed by atoms with Gasteiger partial charge in [0.1, 0.15) is 5.60 Å². The minimum atomic E-state index is -4.06. The maximum absolute atomic E-state index is 14.5. The van der Waals surface area contributed by atoms with Crippen LogP contribution in [0.2, 0.25) is 0 Å². The Labute approximate surface area is 165 Å². The minimum absolute atomic E-state index is 0.0527. The third-order valence-corrected chi connectivity index (χ3v) is 4.75. The summed E-state index contributed by atoms with van der Waals surface area (Å²) in [6.07, 6.45) is -1.21. The number of hydrogen-bond donors (Lipinski definition) is 0. The van der Waals surface area contributed by atoms with Gasteiger partial charge in [-0.25, -0.2) is 9.97 Å². The molecule has 1 atom stereocenters. The molecule has 2 aliphatic heterocycles. The van der Waals surface area contributed by atoms with Crippen LogP contribution in [-0.2, 0) is 14.3 Å². The van der Waals surface area contributed by atoms with Gasteiger partial charge in [0.25, 0.3) is 5.91 Å². The number of carbonyl (C=O) groups is 2. The zero-order valence-corrected chi connectivity index (χ0v) is 15.3. The second-order valence-corrected chi connectivity index (χ2v) is 6.88. The number of morpholine rings is 1. The number of aromatic nitrogens is 2. The molecule has 3 heterocycles. The van der Waals surface area contributed by atoms with Gasteiger partial charge in [0.2, 0.25) is 5.82 Å². The fraction of sp³-hybridized carbons (Fsp3) is 0.368. The number of para-hydroxylation sites is 1. The second-order valence-electron chi connectivity index (χ2n) is 6.88. The van der Waals surface area contributed by atoms with Gasteiger partial charge in [-0.05, 0) is 18.2 Å². The molecule has 1 aromatic heterocycles. The van der Waals surface area contributed by atoms with E-state index >= 15 is 0 Å². The molecule has 2 aromatic rings. The minimum Gasteiger partial charge on any atom is -0.376 e. The van der Waals surface area contributed by atoms with Crippen molar-refractivity contribution in [2.75, 3.05) is 37.7 Å². The summed E-state index contributed by atoms with van der Waals surface area (Å²) in [5, 5.41) is 0. The summed E-state index contributed by atoms with van der Waals surface area (Å²) in [7, 11) is 0. The van der Waals surface area contributed by atoms with Crippen LogP contribution in [0.1, 0.15) is 10.6 Å². The average molecular weight is 404 g/mol. The molecule has 2 aliphatic rings.